The van der Waals surface area contributed by atoms with Gasteiger partial charge in [-0.3, -0.25) is 14.9 Å². The molecule has 0 bridgehead atoms. The molecule has 134 valence electrons. The van der Waals surface area contributed by atoms with Crippen LogP contribution in [-0.4, -0.2) is 24.9 Å². The molecule has 1 saturated heterocycles. The zero-order chi connectivity index (χ0) is 17.9. The molecule has 0 unspecified atom stereocenters. The van der Waals surface area contributed by atoms with Crippen molar-refractivity contribution in [2.75, 3.05) is 13.7 Å². The highest BCUT2D eigenvalue weighted by Gasteiger charge is 2.28. The van der Waals surface area contributed by atoms with Crippen LogP contribution in [0.25, 0.3) is 6.08 Å². The summed E-state index contributed by atoms with van der Waals surface area (Å²) in [6, 6.07) is 5.55. The van der Waals surface area contributed by atoms with E-state index in [-0.39, 0.29) is 16.6 Å². The van der Waals surface area contributed by atoms with Crippen LogP contribution in [0.2, 0.25) is 0 Å². The summed E-state index contributed by atoms with van der Waals surface area (Å²) < 4.78 is 11.5. The summed E-state index contributed by atoms with van der Waals surface area (Å²) in [5.41, 5.74) is 1.02. The average Bonchev–Trinajstić information content (AvgIpc) is 2.91. The minimum atomic E-state index is -0.362. The molecule has 6 heteroatoms. The highest BCUT2D eigenvalue weighted by Crippen LogP contribution is 2.38. The molecule has 0 radical (unpaired) electrons. The second-order valence-electron chi connectivity index (χ2n) is 6.92. The van der Waals surface area contributed by atoms with Gasteiger partial charge in [0.25, 0.3) is 11.1 Å². The van der Waals surface area contributed by atoms with Crippen molar-refractivity contribution < 1.29 is 19.1 Å². The molecule has 1 aliphatic heterocycles. The Bertz CT molecular complexity index is 707. The van der Waals surface area contributed by atoms with Crippen LogP contribution in [0.3, 0.4) is 0 Å². The van der Waals surface area contributed by atoms with Crippen molar-refractivity contribution in [2.24, 2.45) is 5.41 Å². The first-order valence-corrected chi connectivity index (χ1v) is 9.36. The quantitative estimate of drug-likeness (QED) is 0.789. The maximum Gasteiger partial charge on any atom is 0.290 e. The minimum Gasteiger partial charge on any atom is -0.493 e. The van der Waals surface area contributed by atoms with Gasteiger partial charge in [-0.1, -0.05) is 32.3 Å². The lowest BCUT2D eigenvalue weighted by atomic mass is 9.76. The molecule has 2 amide bonds. The van der Waals surface area contributed by atoms with Crippen LogP contribution in [0.15, 0.2) is 23.1 Å². The predicted molar refractivity (Wildman–Crippen MR) is 98.8 cm³/mol. The van der Waals surface area contributed by atoms with E-state index >= 15 is 0 Å². The third-order valence-corrected chi connectivity index (χ3v) is 5.57. The fourth-order valence-corrected chi connectivity index (χ4v) is 3.95. The Morgan fingerprint density at radius 1 is 1.20 bits per heavy atom. The Kier molecular flexibility index (Phi) is 5.37. The molecule has 5 nitrogen and oxygen atoms in total. The number of ether oxygens (including phenoxy) is 2. The van der Waals surface area contributed by atoms with Crippen molar-refractivity contribution in [2.45, 2.75) is 39.0 Å². The molecule has 1 aromatic carbocycles. The highest BCUT2D eigenvalue weighted by molar-refractivity contribution is 8.18. The molecule has 2 aliphatic rings. The third-order valence-electron chi connectivity index (χ3n) is 4.76. The molecule has 1 aromatic rings. The van der Waals surface area contributed by atoms with Gasteiger partial charge < -0.3 is 9.47 Å². The number of hydrogen-bond donors (Lipinski definition) is 1. The van der Waals surface area contributed by atoms with E-state index in [2.05, 4.69) is 12.2 Å². The number of hydrogen-bond acceptors (Lipinski definition) is 5. The van der Waals surface area contributed by atoms with Crippen LogP contribution in [0, 0.1) is 5.41 Å². The molecule has 25 heavy (non-hydrogen) atoms. The maximum atomic E-state index is 11.6. The van der Waals surface area contributed by atoms with Crippen molar-refractivity contribution in [3.63, 3.8) is 0 Å². The fraction of sp³-hybridized carbons (Fsp3) is 0.474. The fourth-order valence-electron chi connectivity index (χ4n) is 3.27. The first kappa shape index (κ1) is 17.9. The SMILES string of the molecule is COc1cc(C=C2SC(=O)NC2=O)ccc1OCC1(C)CCCCC1. The predicted octanol–water partition coefficient (Wildman–Crippen LogP) is 4.37. The summed E-state index contributed by atoms with van der Waals surface area (Å²) >= 11 is 0.904. The first-order valence-electron chi connectivity index (χ1n) is 8.55. The summed E-state index contributed by atoms with van der Waals surface area (Å²) in [6.07, 6.45) is 7.92. The molecule has 1 N–H and O–H groups in total. The second kappa shape index (κ2) is 7.52. The molecular formula is C19H23NO4S. The zero-order valence-electron chi connectivity index (χ0n) is 14.6. The van der Waals surface area contributed by atoms with Crippen LogP contribution in [0.4, 0.5) is 4.79 Å². The number of methoxy groups -OCH3 is 1. The van der Waals surface area contributed by atoms with Crippen LogP contribution in [0.5, 0.6) is 11.5 Å². The van der Waals surface area contributed by atoms with Crippen molar-refractivity contribution in [1.29, 1.82) is 0 Å². The molecule has 1 saturated carbocycles. The lowest BCUT2D eigenvalue weighted by Gasteiger charge is -2.33. The van der Waals surface area contributed by atoms with Crippen molar-refractivity contribution >= 4 is 29.0 Å². The number of rotatable bonds is 5. The number of carbonyl (C=O) groups excluding carboxylic acids is 2. The van der Waals surface area contributed by atoms with Gasteiger partial charge in [-0.25, -0.2) is 0 Å². The Morgan fingerprint density at radius 2 is 1.96 bits per heavy atom. The van der Waals surface area contributed by atoms with E-state index in [0.29, 0.717) is 23.0 Å². The van der Waals surface area contributed by atoms with Crippen LogP contribution in [-0.2, 0) is 4.79 Å². The number of carbonyl (C=O) groups is 2. The smallest absolute Gasteiger partial charge is 0.290 e. The normalized spacial score (nSPS) is 21.3. The lowest BCUT2D eigenvalue weighted by Crippen LogP contribution is -2.27. The van der Waals surface area contributed by atoms with E-state index in [0.717, 1.165) is 17.3 Å². The second-order valence-corrected chi connectivity index (χ2v) is 7.94. The van der Waals surface area contributed by atoms with Crippen molar-refractivity contribution in [3.05, 3.63) is 28.7 Å². The van der Waals surface area contributed by atoms with Gasteiger partial charge in [0.15, 0.2) is 11.5 Å². The molecule has 1 heterocycles. The number of nitrogens with one attached hydrogen (secondary N) is 1. The van der Waals surface area contributed by atoms with Gasteiger partial charge in [-0.15, -0.1) is 0 Å². The summed E-state index contributed by atoms with van der Waals surface area (Å²) in [6.45, 7) is 2.96. The average molecular weight is 361 g/mol. The molecule has 2 fully saturated rings. The van der Waals surface area contributed by atoms with Gasteiger partial charge in [0.2, 0.25) is 0 Å². The van der Waals surface area contributed by atoms with E-state index in [1.165, 1.54) is 32.1 Å². The number of thioether (sulfide) groups is 1. The van der Waals surface area contributed by atoms with Gasteiger partial charge in [-0.2, -0.15) is 0 Å². The number of benzene rings is 1. The summed E-state index contributed by atoms with van der Waals surface area (Å²) in [7, 11) is 1.60. The van der Waals surface area contributed by atoms with E-state index in [1.807, 2.05) is 18.2 Å². The van der Waals surface area contributed by atoms with E-state index in [1.54, 1.807) is 13.2 Å². The Labute approximate surface area is 152 Å². The Balaban J connectivity index is 1.72. The van der Waals surface area contributed by atoms with Gasteiger partial charge in [0.05, 0.1) is 18.6 Å². The molecule has 3 rings (SSSR count). The number of amides is 2. The van der Waals surface area contributed by atoms with E-state index in [9.17, 15) is 9.59 Å². The molecule has 0 aromatic heterocycles. The van der Waals surface area contributed by atoms with Crippen LogP contribution >= 0.6 is 11.8 Å². The van der Waals surface area contributed by atoms with E-state index in [4.69, 9.17) is 9.47 Å². The van der Waals surface area contributed by atoms with E-state index < -0.39 is 0 Å². The number of imide groups is 1. The maximum absolute atomic E-state index is 11.6. The van der Waals surface area contributed by atoms with Crippen LogP contribution < -0.4 is 14.8 Å². The topological polar surface area (TPSA) is 64.6 Å². The molecular weight excluding hydrogens is 338 g/mol. The van der Waals surface area contributed by atoms with Gasteiger partial charge in [-0.05, 0) is 48.4 Å². The van der Waals surface area contributed by atoms with Crippen molar-refractivity contribution in [3.8, 4) is 11.5 Å². The Morgan fingerprint density at radius 3 is 2.60 bits per heavy atom. The van der Waals surface area contributed by atoms with Crippen LogP contribution in [0.1, 0.15) is 44.6 Å². The largest absolute Gasteiger partial charge is 0.493 e. The Hall–Kier alpha value is -1.95. The molecule has 1 aliphatic carbocycles. The zero-order valence-corrected chi connectivity index (χ0v) is 15.4. The summed E-state index contributed by atoms with van der Waals surface area (Å²) in [5.74, 6) is 0.971. The minimum absolute atomic E-state index is 0.225. The molecule has 0 spiro atoms. The molecule has 0 atom stereocenters. The monoisotopic (exact) mass is 361 g/mol. The summed E-state index contributed by atoms with van der Waals surface area (Å²) in [5, 5.41) is 1.91. The summed E-state index contributed by atoms with van der Waals surface area (Å²) in [4.78, 5) is 23.3. The third kappa shape index (κ3) is 4.37. The van der Waals surface area contributed by atoms with Crippen molar-refractivity contribution in [1.82, 2.24) is 5.32 Å². The first-order chi connectivity index (χ1) is 12.0. The van der Waals surface area contributed by atoms with Gasteiger partial charge in [0.1, 0.15) is 0 Å². The standard InChI is InChI=1S/C19H23NO4S/c1-19(8-4-3-5-9-19)12-24-14-7-6-13(10-15(14)23-2)11-16-17(21)20-18(22)25-16/h6-7,10-11H,3-5,8-9,12H2,1-2H3,(H,20,21,22). The van der Waals surface area contributed by atoms with Gasteiger partial charge >= 0.3 is 0 Å². The highest BCUT2D eigenvalue weighted by atomic mass is 32.2. The van der Waals surface area contributed by atoms with Gasteiger partial charge in [0, 0.05) is 5.41 Å². The lowest BCUT2D eigenvalue weighted by molar-refractivity contribution is -0.115.